The van der Waals surface area contributed by atoms with Gasteiger partial charge in [-0.3, -0.25) is 9.59 Å². The Balaban J connectivity index is -0.000000526. The first kappa shape index (κ1) is 39.4. The van der Waals surface area contributed by atoms with Crippen molar-refractivity contribution >= 4 is 11.9 Å². The molecule has 6 heteroatoms. The highest BCUT2D eigenvalue weighted by atomic mass is 16.4. The molecule has 0 rings (SSSR count). The van der Waals surface area contributed by atoms with Crippen molar-refractivity contribution in [2.24, 2.45) is 0 Å². The lowest BCUT2D eigenvalue weighted by Gasteiger charge is -2.01. The molecule has 0 aliphatic rings. The van der Waals surface area contributed by atoms with Crippen molar-refractivity contribution in [2.45, 2.75) is 168 Å². The molecule has 0 heterocycles. The zero-order valence-electron chi connectivity index (χ0n) is 24.0. The molecule has 0 spiro atoms. The molecule has 36 heavy (non-hydrogen) atoms. The minimum atomic E-state index is -0.657. The maximum Gasteiger partial charge on any atom is 0.303 e. The fraction of sp³-hybridized carbons (Fsp3) is 0.933. The molecule has 0 bridgehead atoms. The highest BCUT2D eigenvalue weighted by molar-refractivity contribution is 5.66. The van der Waals surface area contributed by atoms with E-state index in [4.69, 9.17) is 20.4 Å². The summed E-state index contributed by atoms with van der Waals surface area (Å²) in [6.07, 6.45) is 28.7. The number of unbranched alkanes of at least 4 members (excludes halogenated alkanes) is 20. The smallest absolute Gasteiger partial charge is 0.303 e. The Morgan fingerprint density at radius 2 is 0.583 bits per heavy atom. The second kappa shape index (κ2) is 38.4. The second-order valence-electron chi connectivity index (χ2n) is 9.81. The Morgan fingerprint density at radius 3 is 0.750 bits per heavy atom. The molecule has 0 aromatic heterocycles. The minimum absolute atomic E-state index is 0.125. The van der Waals surface area contributed by atoms with E-state index in [1.54, 1.807) is 0 Å². The van der Waals surface area contributed by atoms with E-state index in [-0.39, 0.29) is 13.2 Å². The molecule has 0 unspecified atom stereocenters. The van der Waals surface area contributed by atoms with Crippen molar-refractivity contribution in [2.75, 3.05) is 13.2 Å². The maximum atomic E-state index is 10.3. The second-order valence-corrected chi connectivity index (χ2v) is 9.81. The molecule has 4 N–H and O–H groups in total. The predicted octanol–water partition coefficient (Wildman–Crippen LogP) is 8.52. The van der Waals surface area contributed by atoms with Crippen LogP contribution in [-0.4, -0.2) is 45.6 Å². The third-order valence-electron chi connectivity index (χ3n) is 6.09. The van der Waals surface area contributed by atoms with E-state index in [1.807, 2.05) is 0 Å². The number of carboxylic acids is 2. The van der Waals surface area contributed by atoms with Crippen LogP contribution in [0.4, 0.5) is 0 Å². The van der Waals surface area contributed by atoms with Crippen LogP contribution in [0.5, 0.6) is 0 Å². The Labute approximate surface area is 223 Å². The van der Waals surface area contributed by atoms with Crippen molar-refractivity contribution in [3.05, 3.63) is 0 Å². The molecule has 0 amide bonds. The molecular formula is C30H62O6. The molecule has 0 saturated heterocycles. The van der Waals surface area contributed by atoms with Gasteiger partial charge in [0, 0.05) is 12.8 Å². The zero-order chi connectivity index (χ0) is 27.5. The van der Waals surface area contributed by atoms with E-state index in [0.29, 0.717) is 12.8 Å². The number of rotatable bonds is 25. The van der Waals surface area contributed by atoms with Crippen LogP contribution in [0.15, 0.2) is 0 Å². The van der Waals surface area contributed by atoms with Gasteiger partial charge in [-0.25, -0.2) is 0 Å². The van der Waals surface area contributed by atoms with Gasteiger partial charge in [0.2, 0.25) is 0 Å². The molecule has 0 radical (unpaired) electrons. The van der Waals surface area contributed by atoms with Crippen molar-refractivity contribution in [3.63, 3.8) is 0 Å². The van der Waals surface area contributed by atoms with Crippen LogP contribution >= 0.6 is 0 Å². The Kier molecular flexibility index (Phi) is 42.0. The summed E-state index contributed by atoms with van der Waals surface area (Å²) in [6, 6.07) is 0. The molecule has 0 saturated carbocycles. The van der Waals surface area contributed by atoms with Gasteiger partial charge in [-0.15, -0.1) is 0 Å². The van der Waals surface area contributed by atoms with Crippen LogP contribution in [0.3, 0.4) is 0 Å². The minimum Gasteiger partial charge on any atom is -0.481 e. The van der Waals surface area contributed by atoms with Gasteiger partial charge in [-0.2, -0.15) is 0 Å². The van der Waals surface area contributed by atoms with Crippen LogP contribution < -0.4 is 0 Å². The highest BCUT2D eigenvalue weighted by Crippen LogP contribution is 2.12. The largest absolute Gasteiger partial charge is 0.481 e. The van der Waals surface area contributed by atoms with Crippen LogP contribution in [0.2, 0.25) is 0 Å². The van der Waals surface area contributed by atoms with E-state index in [2.05, 4.69) is 13.8 Å². The summed E-state index contributed by atoms with van der Waals surface area (Å²) in [5.41, 5.74) is 0. The molecule has 0 aliphatic heterocycles. The van der Waals surface area contributed by atoms with Gasteiger partial charge in [-0.1, -0.05) is 142 Å². The number of hydrogen-bond donors (Lipinski definition) is 4. The Bertz CT molecular complexity index is 376. The van der Waals surface area contributed by atoms with Gasteiger partial charge in [0.15, 0.2) is 0 Å². The summed E-state index contributed by atoms with van der Waals surface area (Å²) < 4.78 is 0. The summed E-state index contributed by atoms with van der Waals surface area (Å²) in [6.45, 7) is 4.24. The third-order valence-corrected chi connectivity index (χ3v) is 6.09. The van der Waals surface area contributed by atoms with E-state index in [9.17, 15) is 9.59 Å². The van der Waals surface area contributed by atoms with E-state index in [1.165, 1.54) is 116 Å². The van der Waals surface area contributed by atoms with Crippen LogP contribution in [-0.2, 0) is 9.59 Å². The quantitative estimate of drug-likeness (QED) is 0.0900. The molecule has 6 nitrogen and oxygen atoms in total. The van der Waals surface area contributed by atoms with Gasteiger partial charge in [-0.05, 0) is 12.8 Å². The first-order valence-corrected chi connectivity index (χ1v) is 15.1. The maximum absolute atomic E-state index is 10.3. The lowest BCUT2D eigenvalue weighted by Crippen LogP contribution is -1.93. The van der Waals surface area contributed by atoms with Crippen molar-refractivity contribution in [1.29, 1.82) is 0 Å². The van der Waals surface area contributed by atoms with E-state index < -0.39 is 11.9 Å². The summed E-state index contributed by atoms with van der Waals surface area (Å²) in [4.78, 5) is 20.5. The molecule has 218 valence electrons. The monoisotopic (exact) mass is 518 g/mol. The summed E-state index contributed by atoms with van der Waals surface area (Å²) in [7, 11) is 0. The standard InChI is InChI=1S/2C14H28O2.C2H6O2/c2*1-2-3-4-5-6-7-8-9-10-11-12-13-14(15)16;3-1-2-4/h2*2-13H2,1H3,(H,15,16);3-4H,1-2H2. The number of carboxylic acid groups (broad SMARTS) is 2. The number of hydrogen-bond acceptors (Lipinski definition) is 4. The normalized spacial score (nSPS) is 10.2. The lowest BCUT2D eigenvalue weighted by atomic mass is 10.1. The predicted molar refractivity (Wildman–Crippen MR) is 152 cm³/mol. The van der Waals surface area contributed by atoms with Crippen molar-refractivity contribution in [1.82, 2.24) is 0 Å². The molecule has 0 aliphatic carbocycles. The fourth-order valence-electron chi connectivity index (χ4n) is 3.88. The van der Waals surface area contributed by atoms with Crippen LogP contribution in [0.25, 0.3) is 0 Å². The van der Waals surface area contributed by atoms with Gasteiger partial charge in [0.05, 0.1) is 13.2 Å². The third kappa shape index (κ3) is 49.9. The van der Waals surface area contributed by atoms with Crippen molar-refractivity contribution in [3.8, 4) is 0 Å². The summed E-state index contributed by atoms with van der Waals surface area (Å²) in [5.74, 6) is -1.31. The topological polar surface area (TPSA) is 115 Å². The number of aliphatic carboxylic acids is 2. The van der Waals surface area contributed by atoms with E-state index in [0.717, 1.165) is 25.7 Å². The molecule has 0 aromatic rings. The SMILES string of the molecule is CCCCCCCCCCCCCC(=O)O.CCCCCCCCCCCCCC(=O)O.OCCO. The number of aliphatic hydroxyl groups excluding tert-OH is 2. The van der Waals surface area contributed by atoms with Gasteiger partial charge >= 0.3 is 11.9 Å². The molecule has 0 fully saturated rings. The zero-order valence-corrected chi connectivity index (χ0v) is 24.0. The molecular weight excluding hydrogens is 456 g/mol. The number of aliphatic hydroxyl groups is 2. The molecule has 0 aromatic carbocycles. The average Bonchev–Trinajstić information content (AvgIpc) is 2.86. The Morgan fingerprint density at radius 1 is 0.389 bits per heavy atom. The molecule has 0 atom stereocenters. The lowest BCUT2D eigenvalue weighted by molar-refractivity contribution is -0.138. The van der Waals surface area contributed by atoms with Gasteiger partial charge < -0.3 is 20.4 Å². The number of carbonyl (C=O) groups is 2. The van der Waals surface area contributed by atoms with Gasteiger partial charge in [0.1, 0.15) is 0 Å². The summed E-state index contributed by atoms with van der Waals surface area (Å²) >= 11 is 0. The average molecular weight is 519 g/mol. The van der Waals surface area contributed by atoms with Crippen LogP contribution in [0, 0.1) is 0 Å². The first-order chi connectivity index (χ1) is 17.5. The van der Waals surface area contributed by atoms with Gasteiger partial charge in [0.25, 0.3) is 0 Å². The van der Waals surface area contributed by atoms with Crippen molar-refractivity contribution < 1.29 is 30.0 Å². The van der Waals surface area contributed by atoms with Crippen LogP contribution in [0.1, 0.15) is 168 Å². The Hall–Kier alpha value is -1.14. The van der Waals surface area contributed by atoms with E-state index >= 15 is 0 Å². The first-order valence-electron chi connectivity index (χ1n) is 15.1. The summed E-state index contributed by atoms with van der Waals surface area (Å²) in [5, 5.41) is 32.2. The fourth-order valence-corrected chi connectivity index (χ4v) is 3.88. The highest BCUT2D eigenvalue weighted by Gasteiger charge is 1.97.